The molecule has 2 aromatic rings. The van der Waals surface area contributed by atoms with Crippen LogP contribution in [-0.4, -0.2) is 36.5 Å². The Morgan fingerprint density at radius 2 is 2.10 bits per heavy atom. The van der Waals surface area contributed by atoms with Crippen molar-refractivity contribution in [3.8, 4) is 0 Å². The Hall–Kier alpha value is -1.40. The van der Waals surface area contributed by atoms with Crippen LogP contribution in [0.4, 0.5) is 0 Å². The van der Waals surface area contributed by atoms with Gasteiger partial charge in [-0.3, -0.25) is 9.98 Å². The van der Waals surface area contributed by atoms with Gasteiger partial charge in [-0.2, -0.15) is 0 Å². The van der Waals surface area contributed by atoms with Crippen LogP contribution in [0.15, 0.2) is 45.4 Å². The SMILES string of the molecule is CN=C(NCCc1ccncc1)N(C)Cc1ccc(Br)s1. The summed E-state index contributed by atoms with van der Waals surface area (Å²) in [7, 11) is 3.87. The van der Waals surface area contributed by atoms with Crippen molar-refractivity contribution in [3.05, 3.63) is 50.9 Å². The van der Waals surface area contributed by atoms with Crippen LogP contribution in [0.2, 0.25) is 0 Å². The number of aliphatic imine (C=N–C) groups is 1. The molecule has 0 atom stereocenters. The summed E-state index contributed by atoms with van der Waals surface area (Å²) in [5, 5.41) is 3.39. The van der Waals surface area contributed by atoms with E-state index in [0.29, 0.717) is 0 Å². The molecular formula is C15H19BrN4S. The van der Waals surface area contributed by atoms with Gasteiger partial charge in [-0.1, -0.05) is 0 Å². The normalized spacial score (nSPS) is 11.5. The highest BCUT2D eigenvalue weighted by Gasteiger charge is 2.07. The summed E-state index contributed by atoms with van der Waals surface area (Å²) in [5.41, 5.74) is 1.28. The molecule has 0 aliphatic rings. The molecule has 0 aliphatic carbocycles. The summed E-state index contributed by atoms with van der Waals surface area (Å²) in [6.07, 6.45) is 4.61. The Bertz CT molecular complexity index is 582. The maximum Gasteiger partial charge on any atom is 0.193 e. The van der Waals surface area contributed by atoms with Crippen molar-refractivity contribution >= 4 is 33.2 Å². The minimum Gasteiger partial charge on any atom is -0.356 e. The monoisotopic (exact) mass is 366 g/mol. The lowest BCUT2D eigenvalue weighted by molar-refractivity contribution is 0.482. The van der Waals surface area contributed by atoms with Crippen LogP contribution in [-0.2, 0) is 13.0 Å². The molecule has 1 N–H and O–H groups in total. The highest BCUT2D eigenvalue weighted by atomic mass is 79.9. The lowest BCUT2D eigenvalue weighted by Gasteiger charge is -2.21. The maximum absolute atomic E-state index is 4.33. The quantitative estimate of drug-likeness (QED) is 0.652. The summed E-state index contributed by atoms with van der Waals surface area (Å²) < 4.78 is 1.16. The number of nitrogens with zero attached hydrogens (tertiary/aromatic N) is 3. The Morgan fingerprint density at radius 1 is 1.33 bits per heavy atom. The predicted octanol–water partition coefficient (Wildman–Crippen LogP) is 3.16. The van der Waals surface area contributed by atoms with Crippen LogP contribution in [0, 0.1) is 0 Å². The molecule has 0 amide bonds. The highest BCUT2D eigenvalue weighted by molar-refractivity contribution is 9.11. The van der Waals surface area contributed by atoms with Gasteiger partial charge in [0.25, 0.3) is 0 Å². The topological polar surface area (TPSA) is 40.5 Å². The largest absolute Gasteiger partial charge is 0.356 e. The second-order valence-electron chi connectivity index (χ2n) is 4.64. The van der Waals surface area contributed by atoms with Crippen molar-refractivity contribution in [1.29, 1.82) is 0 Å². The van der Waals surface area contributed by atoms with Gasteiger partial charge < -0.3 is 10.2 Å². The van der Waals surface area contributed by atoms with Crippen LogP contribution in [0.3, 0.4) is 0 Å². The van der Waals surface area contributed by atoms with E-state index < -0.39 is 0 Å². The Morgan fingerprint density at radius 3 is 2.71 bits per heavy atom. The second-order valence-corrected chi connectivity index (χ2v) is 7.19. The van der Waals surface area contributed by atoms with Crippen LogP contribution < -0.4 is 5.32 Å². The molecule has 0 fully saturated rings. The third-order valence-corrected chi connectivity index (χ3v) is 4.65. The van der Waals surface area contributed by atoms with Gasteiger partial charge in [0, 0.05) is 37.9 Å². The molecule has 4 nitrogen and oxygen atoms in total. The van der Waals surface area contributed by atoms with Gasteiger partial charge >= 0.3 is 0 Å². The number of hydrogen-bond acceptors (Lipinski definition) is 3. The van der Waals surface area contributed by atoms with Gasteiger partial charge in [0.15, 0.2) is 5.96 Å². The zero-order valence-electron chi connectivity index (χ0n) is 12.2. The van der Waals surface area contributed by atoms with E-state index in [-0.39, 0.29) is 0 Å². The smallest absolute Gasteiger partial charge is 0.193 e. The Labute approximate surface area is 138 Å². The number of nitrogens with one attached hydrogen (secondary N) is 1. The van der Waals surface area contributed by atoms with Gasteiger partial charge in [-0.05, 0) is 52.2 Å². The first kappa shape index (κ1) is 16.0. The van der Waals surface area contributed by atoms with Gasteiger partial charge in [-0.15, -0.1) is 11.3 Å². The molecule has 0 unspecified atom stereocenters. The fourth-order valence-electron chi connectivity index (χ4n) is 2.00. The van der Waals surface area contributed by atoms with Gasteiger partial charge in [0.1, 0.15) is 0 Å². The molecule has 0 bridgehead atoms. The first-order valence-electron chi connectivity index (χ1n) is 6.74. The molecule has 0 saturated heterocycles. The number of hydrogen-bond donors (Lipinski definition) is 1. The molecule has 2 aromatic heterocycles. The fraction of sp³-hybridized carbons (Fsp3) is 0.333. The number of thiophene rings is 1. The number of guanidine groups is 1. The van der Waals surface area contributed by atoms with E-state index in [4.69, 9.17) is 0 Å². The lowest BCUT2D eigenvalue weighted by atomic mass is 10.2. The van der Waals surface area contributed by atoms with Crippen molar-refractivity contribution in [2.24, 2.45) is 4.99 Å². The molecule has 0 spiro atoms. The maximum atomic E-state index is 4.33. The van der Waals surface area contributed by atoms with E-state index in [0.717, 1.165) is 29.3 Å². The molecule has 112 valence electrons. The van der Waals surface area contributed by atoms with E-state index in [1.165, 1.54) is 10.4 Å². The molecule has 0 radical (unpaired) electrons. The first-order valence-corrected chi connectivity index (χ1v) is 8.35. The van der Waals surface area contributed by atoms with E-state index in [2.05, 4.69) is 55.3 Å². The number of rotatable bonds is 5. The summed E-state index contributed by atoms with van der Waals surface area (Å²) in [6, 6.07) is 8.29. The summed E-state index contributed by atoms with van der Waals surface area (Å²) in [4.78, 5) is 11.8. The van der Waals surface area contributed by atoms with Crippen LogP contribution in [0.5, 0.6) is 0 Å². The van der Waals surface area contributed by atoms with E-state index in [1.54, 1.807) is 11.3 Å². The van der Waals surface area contributed by atoms with E-state index in [1.807, 2.05) is 31.6 Å². The number of aromatic nitrogens is 1. The van der Waals surface area contributed by atoms with Crippen molar-refractivity contribution in [2.45, 2.75) is 13.0 Å². The summed E-state index contributed by atoms with van der Waals surface area (Å²) in [5.74, 6) is 0.911. The van der Waals surface area contributed by atoms with Crippen molar-refractivity contribution in [3.63, 3.8) is 0 Å². The molecule has 0 aromatic carbocycles. The van der Waals surface area contributed by atoms with Gasteiger partial charge in [-0.25, -0.2) is 0 Å². The third-order valence-electron chi connectivity index (χ3n) is 3.04. The lowest BCUT2D eigenvalue weighted by Crippen LogP contribution is -2.39. The van der Waals surface area contributed by atoms with Gasteiger partial charge in [0.2, 0.25) is 0 Å². The van der Waals surface area contributed by atoms with Crippen molar-refractivity contribution < 1.29 is 0 Å². The number of pyridine rings is 1. The second kappa shape index (κ2) is 8.14. The minimum atomic E-state index is 0.852. The van der Waals surface area contributed by atoms with Crippen LogP contribution >= 0.6 is 27.3 Å². The average molecular weight is 367 g/mol. The molecule has 6 heteroatoms. The standard InChI is InChI=1S/C15H19BrN4S/c1-17-15(19-10-7-12-5-8-18-9-6-12)20(2)11-13-3-4-14(16)21-13/h3-6,8-9H,7,10-11H2,1-2H3,(H,17,19). The molecular weight excluding hydrogens is 348 g/mol. The van der Waals surface area contributed by atoms with Gasteiger partial charge in [0.05, 0.1) is 10.3 Å². The molecule has 2 rings (SSSR count). The molecule has 0 aliphatic heterocycles. The Kier molecular flexibility index (Phi) is 6.20. The first-order chi connectivity index (χ1) is 10.2. The molecule has 21 heavy (non-hydrogen) atoms. The van der Waals surface area contributed by atoms with Crippen molar-refractivity contribution in [1.82, 2.24) is 15.2 Å². The van der Waals surface area contributed by atoms with Crippen LogP contribution in [0.1, 0.15) is 10.4 Å². The average Bonchev–Trinajstić information content (AvgIpc) is 2.89. The summed E-state index contributed by atoms with van der Waals surface area (Å²) in [6.45, 7) is 1.71. The summed E-state index contributed by atoms with van der Waals surface area (Å²) >= 11 is 5.24. The fourth-order valence-corrected chi connectivity index (χ4v) is 3.53. The minimum absolute atomic E-state index is 0.852. The zero-order valence-corrected chi connectivity index (χ0v) is 14.6. The van der Waals surface area contributed by atoms with E-state index in [9.17, 15) is 0 Å². The third kappa shape index (κ3) is 5.13. The molecule has 2 heterocycles. The predicted molar refractivity (Wildman–Crippen MR) is 92.8 cm³/mol. The van der Waals surface area contributed by atoms with Crippen LogP contribution in [0.25, 0.3) is 0 Å². The van der Waals surface area contributed by atoms with Crippen molar-refractivity contribution in [2.75, 3.05) is 20.6 Å². The highest BCUT2D eigenvalue weighted by Crippen LogP contribution is 2.22. The van der Waals surface area contributed by atoms with E-state index >= 15 is 0 Å². The molecule has 0 saturated carbocycles. The zero-order chi connectivity index (χ0) is 15.1. The number of halogens is 1. The Balaban J connectivity index is 1.82.